The van der Waals surface area contributed by atoms with Crippen LogP contribution in [0.5, 0.6) is 0 Å². The van der Waals surface area contributed by atoms with Crippen molar-refractivity contribution in [1.29, 1.82) is 0 Å². The molecule has 0 aliphatic heterocycles. The van der Waals surface area contributed by atoms with Crippen LogP contribution in [0.25, 0.3) is 0 Å². The third kappa shape index (κ3) is 2.78. The Morgan fingerprint density at radius 2 is 1.85 bits per heavy atom. The molecule has 2 aromatic rings. The highest BCUT2D eigenvalue weighted by Crippen LogP contribution is 2.25. The molecule has 2 aromatic carbocycles. The molecular formula is C16H17ClN2O. The van der Waals surface area contributed by atoms with E-state index in [-0.39, 0.29) is 5.91 Å². The van der Waals surface area contributed by atoms with Gasteiger partial charge in [-0.15, -0.1) is 0 Å². The zero-order valence-corrected chi connectivity index (χ0v) is 12.5. The van der Waals surface area contributed by atoms with Crippen molar-refractivity contribution in [3.8, 4) is 0 Å². The van der Waals surface area contributed by atoms with E-state index in [2.05, 4.69) is 0 Å². The number of nitrogens with two attached hydrogens (primary N) is 1. The average molecular weight is 289 g/mol. The second-order valence-electron chi connectivity index (χ2n) is 4.89. The summed E-state index contributed by atoms with van der Waals surface area (Å²) < 4.78 is 0. The van der Waals surface area contributed by atoms with Crippen LogP contribution in [0.2, 0.25) is 5.02 Å². The molecular weight excluding hydrogens is 272 g/mol. The number of amides is 1. The summed E-state index contributed by atoms with van der Waals surface area (Å²) >= 11 is 6.08. The molecule has 0 radical (unpaired) electrons. The van der Waals surface area contributed by atoms with Crippen molar-refractivity contribution in [2.45, 2.75) is 13.8 Å². The summed E-state index contributed by atoms with van der Waals surface area (Å²) in [6.45, 7) is 4.00. The predicted octanol–water partition coefficient (Wildman–Crippen LogP) is 3.82. The highest BCUT2D eigenvalue weighted by Gasteiger charge is 2.18. The first-order chi connectivity index (χ1) is 9.40. The van der Waals surface area contributed by atoms with E-state index in [1.807, 2.05) is 32.0 Å². The standard InChI is InChI=1S/C16H17ClN2O/c1-10-4-7-15(11(2)8-10)19(3)16(20)13-9-12(18)5-6-14(13)17/h4-9H,18H2,1-3H3. The second-order valence-corrected chi connectivity index (χ2v) is 5.30. The van der Waals surface area contributed by atoms with Gasteiger partial charge in [-0.05, 0) is 43.7 Å². The Hall–Kier alpha value is -2.00. The predicted molar refractivity (Wildman–Crippen MR) is 84.5 cm³/mol. The SMILES string of the molecule is Cc1ccc(N(C)C(=O)c2cc(N)ccc2Cl)c(C)c1. The van der Waals surface area contributed by atoms with E-state index >= 15 is 0 Å². The lowest BCUT2D eigenvalue weighted by molar-refractivity contribution is 0.0993. The zero-order valence-electron chi connectivity index (χ0n) is 11.8. The fraction of sp³-hybridized carbons (Fsp3) is 0.188. The lowest BCUT2D eigenvalue weighted by Gasteiger charge is -2.20. The number of rotatable bonds is 2. The topological polar surface area (TPSA) is 46.3 Å². The van der Waals surface area contributed by atoms with Crippen LogP contribution in [0.15, 0.2) is 36.4 Å². The van der Waals surface area contributed by atoms with Crippen molar-refractivity contribution >= 4 is 28.9 Å². The first-order valence-corrected chi connectivity index (χ1v) is 6.68. The summed E-state index contributed by atoms with van der Waals surface area (Å²) in [6, 6.07) is 10.9. The minimum atomic E-state index is -0.172. The highest BCUT2D eigenvalue weighted by molar-refractivity contribution is 6.34. The molecule has 0 saturated carbocycles. The van der Waals surface area contributed by atoms with Gasteiger partial charge in [-0.25, -0.2) is 0 Å². The number of halogens is 1. The van der Waals surface area contributed by atoms with Gasteiger partial charge in [0.2, 0.25) is 0 Å². The zero-order chi connectivity index (χ0) is 14.9. The minimum absolute atomic E-state index is 0.172. The fourth-order valence-corrected chi connectivity index (χ4v) is 2.38. The molecule has 0 fully saturated rings. The van der Waals surface area contributed by atoms with Gasteiger partial charge < -0.3 is 10.6 Å². The van der Waals surface area contributed by atoms with Crippen molar-refractivity contribution in [1.82, 2.24) is 0 Å². The fourth-order valence-electron chi connectivity index (χ4n) is 2.18. The molecule has 0 unspecified atom stereocenters. The van der Waals surface area contributed by atoms with Gasteiger partial charge in [-0.2, -0.15) is 0 Å². The number of aryl methyl sites for hydroxylation is 2. The molecule has 3 nitrogen and oxygen atoms in total. The van der Waals surface area contributed by atoms with Gasteiger partial charge in [0, 0.05) is 18.4 Å². The quantitative estimate of drug-likeness (QED) is 0.854. The molecule has 0 saturated heterocycles. The Labute approximate surface area is 124 Å². The molecule has 0 atom stereocenters. The van der Waals surface area contributed by atoms with Crippen LogP contribution in [-0.4, -0.2) is 13.0 Å². The van der Waals surface area contributed by atoms with Crippen molar-refractivity contribution in [3.63, 3.8) is 0 Å². The molecule has 0 aliphatic carbocycles. The summed E-state index contributed by atoms with van der Waals surface area (Å²) in [5.41, 5.74) is 9.72. The maximum absolute atomic E-state index is 12.5. The number of carbonyl (C=O) groups is 1. The number of nitrogens with zero attached hydrogens (tertiary/aromatic N) is 1. The first kappa shape index (κ1) is 14.4. The molecule has 104 valence electrons. The lowest BCUT2D eigenvalue weighted by Crippen LogP contribution is -2.27. The number of hydrogen-bond acceptors (Lipinski definition) is 2. The molecule has 0 aliphatic rings. The highest BCUT2D eigenvalue weighted by atomic mass is 35.5. The molecule has 0 spiro atoms. The van der Waals surface area contributed by atoms with E-state index in [0.29, 0.717) is 16.3 Å². The summed E-state index contributed by atoms with van der Waals surface area (Å²) in [6.07, 6.45) is 0. The van der Waals surface area contributed by atoms with E-state index in [9.17, 15) is 4.79 Å². The Morgan fingerprint density at radius 1 is 1.15 bits per heavy atom. The van der Waals surface area contributed by atoms with Gasteiger partial charge >= 0.3 is 0 Å². The van der Waals surface area contributed by atoms with Crippen LogP contribution in [0, 0.1) is 13.8 Å². The molecule has 20 heavy (non-hydrogen) atoms. The number of hydrogen-bond donors (Lipinski definition) is 1. The molecule has 1 amide bonds. The van der Waals surface area contributed by atoms with Crippen molar-refractivity contribution in [3.05, 3.63) is 58.1 Å². The van der Waals surface area contributed by atoms with E-state index in [4.69, 9.17) is 17.3 Å². The number of anilines is 2. The van der Waals surface area contributed by atoms with Gasteiger partial charge in [0.25, 0.3) is 5.91 Å². The van der Waals surface area contributed by atoms with Crippen LogP contribution in [0.4, 0.5) is 11.4 Å². The molecule has 2 rings (SSSR count). The van der Waals surface area contributed by atoms with Gasteiger partial charge in [-0.3, -0.25) is 4.79 Å². The average Bonchev–Trinajstić information content (AvgIpc) is 2.40. The van der Waals surface area contributed by atoms with Gasteiger partial charge in [-0.1, -0.05) is 29.3 Å². The van der Waals surface area contributed by atoms with Crippen LogP contribution in [0.1, 0.15) is 21.5 Å². The van der Waals surface area contributed by atoms with E-state index in [0.717, 1.165) is 16.8 Å². The van der Waals surface area contributed by atoms with E-state index < -0.39 is 0 Å². The summed E-state index contributed by atoms with van der Waals surface area (Å²) in [7, 11) is 1.74. The molecule has 0 aromatic heterocycles. The summed E-state index contributed by atoms with van der Waals surface area (Å²) in [4.78, 5) is 14.1. The molecule has 0 bridgehead atoms. The lowest BCUT2D eigenvalue weighted by atomic mass is 10.1. The smallest absolute Gasteiger partial charge is 0.259 e. The monoisotopic (exact) mass is 288 g/mol. The molecule has 2 N–H and O–H groups in total. The van der Waals surface area contributed by atoms with Crippen molar-refractivity contribution in [2.75, 3.05) is 17.7 Å². The Morgan fingerprint density at radius 3 is 2.50 bits per heavy atom. The Balaban J connectivity index is 2.40. The Kier molecular flexibility index (Phi) is 4.00. The van der Waals surface area contributed by atoms with Crippen LogP contribution < -0.4 is 10.6 Å². The number of carbonyl (C=O) groups excluding carboxylic acids is 1. The third-order valence-corrected chi connectivity index (χ3v) is 3.57. The largest absolute Gasteiger partial charge is 0.399 e. The summed E-state index contributed by atoms with van der Waals surface area (Å²) in [5.74, 6) is -0.172. The minimum Gasteiger partial charge on any atom is -0.399 e. The van der Waals surface area contributed by atoms with Crippen molar-refractivity contribution in [2.24, 2.45) is 0 Å². The summed E-state index contributed by atoms with van der Waals surface area (Å²) in [5, 5.41) is 0.404. The van der Waals surface area contributed by atoms with Crippen molar-refractivity contribution < 1.29 is 4.79 Å². The number of nitrogen functional groups attached to an aromatic ring is 1. The van der Waals surface area contributed by atoms with Gasteiger partial charge in [0.05, 0.1) is 10.6 Å². The molecule has 4 heteroatoms. The van der Waals surface area contributed by atoms with Crippen LogP contribution in [0.3, 0.4) is 0 Å². The number of benzene rings is 2. The van der Waals surface area contributed by atoms with Gasteiger partial charge in [0.1, 0.15) is 0 Å². The third-order valence-electron chi connectivity index (χ3n) is 3.24. The molecule has 0 heterocycles. The maximum atomic E-state index is 12.5. The first-order valence-electron chi connectivity index (χ1n) is 6.30. The van der Waals surface area contributed by atoms with E-state index in [1.165, 1.54) is 0 Å². The van der Waals surface area contributed by atoms with Crippen LogP contribution in [-0.2, 0) is 0 Å². The van der Waals surface area contributed by atoms with E-state index in [1.54, 1.807) is 30.1 Å². The Bertz CT molecular complexity index is 668. The maximum Gasteiger partial charge on any atom is 0.259 e. The second kappa shape index (κ2) is 5.55. The van der Waals surface area contributed by atoms with Crippen LogP contribution >= 0.6 is 11.6 Å². The van der Waals surface area contributed by atoms with Gasteiger partial charge in [0.15, 0.2) is 0 Å². The normalized spacial score (nSPS) is 10.4.